The summed E-state index contributed by atoms with van der Waals surface area (Å²) in [6.07, 6.45) is 10.5. The number of hydrogen-bond donors (Lipinski definition) is 2. The predicted octanol–water partition coefficient (Wildman–Crippen LogP) is 3.02. The van der Waals surface area contributed by atoms with E-state index in [1.165, 1.54) is 0 Å². The van der Waals surface area contributed by atoms with Gasteiger partial charge in [0.1, 0.15) is 0 Å². The molecule has 0 saturated carbocycles. The van der Waals surface area contributed by atoms with Crippen LogP contribution in [0.15, 0.2) is 48.5 Å². The van der Waals surface area contributed by atoms with Crippen molar-refractivity contribution >= 4 is 11.4 Å². The quantitative estimate of drug-likeness (QED) is 0.644. The van der Waals surface area contributed by atoms with Crippen LogP contribution in [-0.2, 0) is 4.94 Å². The molecular formula is C16H12N2O. The highest BCUT2D eigenvalue weighted by Gasteiger charge is 1.94. The van der Waals surface area contributed by atoms with Crippen LogP contribution < -0.4 is 11.0 Å². The summed E-state index contributed by atoms with van der Waals surface area (Å²) in [5, 5.41) is 0. The van der Waals surface area contributed by atoms with Crippen LogP contribution in [0.25, 0.3) is 0 Å². The van der Waals surface area contributed by atoms with Crippen LogP contribution in [0.1, 0.15) is 11.1 Å². The van der Waals surface area contributed by atoms with Gasteiger partial charge in [-0.25, -0.2) is 11.0 Å². The lowest BCUT2D eigenvalue weighted by Gasteiger charge is -2.08. The summed E-state index contributed by atoms with van der Waals surface area (Å²) in [4.78, 5) is 5.15. The van der Waals surface area contributed by atoms with Crippen LogP contribution in [0.2, 0.25) is 0 Å². The van der Waals surface area contributed by atoms with E-state index in [4.69, 9.17) is 17.8 Å². The van der Waals surface area contributed by atoms with E-state index in [0.29, 0.717) is 0 Å². The first kappa shape index (κ1) is 12.6. The van der Waals surface area contributed by atoms with E-state index in [2.05, 4.69) is 22.8 Å². The highest BCUT2D eigenvalue weighted by molar-refractivity contribution is 5.48. The van der Waals surface area contributed by atoms with E-state index in [-0.39, 0.29) is 0 Å². The van der Waals surface area contributed by atoms with Crippen LogP contribution in [-0.4, -0.2) is 0 Å². The number of benzene rings is 2. The van der Waals surface area contributed by atoms with Gasteiger partial charge in [0.05, 0.1) is 11.4 Å². The van der Waals surface area contributed by atoms with Crippen molar-refractivity contribution in [2.24, 2.45) is 0 Å². The molecule has 19 heavy (non-hydrogen) atoms. The molecule has 0 aromatic heterocycles. The first-order valence-electron chi connectivity index (χ1n) is 5.63. The Bertz CT molecular complexity index is 558. The average Bonchev–Trinajstić information content (AvgIpc) is 2.49. The first-order chi connectivity index (χ1) is 9.31. The lowest BCUT2D eigenvalue weighted by Crippen LogP contribution is -2.07. The summed E-state index contributed by atoms with van der Waals surface area (Å²) >= 11 is 0. The largest absolute Gasteiger partial charge is 0.242 e. The summed E-state index contributed by atoms with van der Waals surface area (Å²) in [5.41, 5.74) is 8.75. The van der Waals surface area contributed by atoms with Gasteiger partial charge in [-0.15, -0.1) is 12.8 Å². The maximum Gasteiger partial charge on any atom is 0.0629 e. The zero-order valence-electron chi connectivity index (χ0n) is 10.2. The summed E-state index contributed by atoms with van der Waals surface area (Å²) in [6.45, 7) is 0. The second-order valence-corrected chi connectivity index (χ2v) is 3.75. The van der Waals surface area contributed by atoms with Gasteiger partial charge in [-0.3, -0.25) is 0 Å². The van der Waals surface area contributed by atoms with E-state index in [1.54, 1.807) is 0 Å². The van der Waals surface area contributed by atoms with Gasteiger partial charge >= 0.3 is 0 Å². The minimum absolute atomic E-state index is 0.798. The van der Waals surface area contributed by atoms with Gasteiger partial charge < -0.3 is 0 Å². The van der Waals surface area contributed by atoms with Gasteiger partial charge in [-0.05, 0) is 48.5 Å². The van der Waals surface area contributed by atoms with E-state index in [0.717, 1.165) is 22.5 Å². The lowest BCUT2D eigenvalue weighted by molar-refractivity contribution is 0.264. The van der Waals surface area contributed by atoms with Crippen LogP contribution in [0.5, 0.6) is 0 Å². The molecule has 0 heterocycles. The van der Waals surface area contributed by atoms with Gasteiger partial charge in [-0.2, -0.15) is 4.94 Å². The Balaban J connectivity index is 1.85. The van der Waals surface area contributed by atoms with Gasteiger partial charge in [0.2, 0.25) is 0 Å². The Morgan fingerprint density at radius 2 is 1.05 bits per heavy atom. The number of anilines is 2. The van der Waals surface area contributed by atoms with E-state index in [1.807, 2.05) is 48.5 Å². The van der Waals surface area contributed by atoms with Crippen molar-refractivity contribution in [1.29, 1.82) is 0 Å². The minimum Gasteiger partial charge on any atom is -0.242 e. The molecule has 0 aliphatic heterocycles. The molecule has 0 saturated heterocycles. The SMILES string of the molecule is C#Cc1ccc(NONc2ccc(C#C)cc2)cc1. The summed E-state index contributed by atoms with van der Waals surface area (Å²) in [5.74, 6) is 5.09. The third-order valence-corrected chi connectivity index (χ3v) is 2.44. The van der Waals surface area contributed by atoms with Gasteiger partial charge in [-0.1, -0.05) is 11.8 Å². The molecule has 0 amide bonds. The minimum atomic E-state index is 0.798. The van der Waals surface area contributed by atoms with Crippen LogP contribution in [0.3, 0.4) is 0 Å². The Labute approximate surface area is 112 Å². The number of hydrogen-bond acceptors (Lipinski definition) is 3. The molecule has 2 rings (SSSR count). The highest BCUT2D eigenvalue weighted by Crippen LogP contribution is 2.11. The van der Waals surface area contributed by atoms with Crippen molar-refractivity contribution in [1.82, 2.24) is 0 Å². The van der Waals surface area contributed by atoms with E-state index in [9.17, 15) is 0 Å². The Morgan fingerprint density at radius 3 is 1.37 bits per heavy atom. The molecule has 0 bridgehead atoms. The summed E-state index contributed by atoms with van der Waals surface area (Å²) in [7, 11) is 0. The third kappa shape index (κ3) is 3.54. The normalized spacial score (nSPS) is 9.16. The van der Waals surface area contributed by atoms with Gasteiger partial charge in [0.15, 0.2) is 0 Å². The number of nitrogens with one attached hydrogen (secondary N) is 2. The molecule has 2 aromatic carbocycles. The number of terminal acetylenes is 2. The maximum atomic E-state index is 5.27. The molecule has 0 spiro atoms. The molecule has 0 atom stereocenters. The molecule has 0 aliphatic rings. The fourth-order valence-electron chi connectivity index (χ4n) is 1.41. The smallest absolute Gasteiger partial charge is 0.0629 e. The predicted molar refractivity (Wildman–Crippen MR) is 77.1 cm³/mol. The van der Waals surface area contributed by atoms with Crippen molar-refractivity contribution in [3.05, 3.63) is 59.7 Å². The Hall–Kier alpha value is -2.88. The molecule has 0 unspecified atom stereocenters. The van der Waals surface area contributed by atoms with Crippen molar-refractivity contribution in [3.8, 4) is 24.7 Å². The lowest BCUT2D eigenvalue weighted by atomic mass is 10.2. The summed E-state index contributed by atoms with van der Waals surface area (Å²) < 4.78 is 0. The van der Waals surface area contributed by atoms with Crippen molar-refractivity contribution < 1.29 is 4.94 Å². The van der Waals surface area contributed by atoms with Gasteiger partial charge in [0, 0.05) is 11.1 Å². The second-order valence-electron chi connectivity index (χ2n) is 3.75. The fourth-order valence-corrected chi connectivity index (χ4v) is 1.41. The highest BCUT2D eigenvalue weighted by atomic mass is 16.8. The van der Waals surface area contributed by atoms with Gasteiger partial charge in [0.25, 0.3) is 0 Å². The second kappa shape index (κ2) is 6.16. The fraction of sp³-hybridized carbons (Fsp3) is 0. The zero-order valence-corrected chi connectivity index (χ0v) is 10.2. The molecule has 92 valence electrons. The molecule has 3 heteroatoms. The molecule has 0 aliphatic carbocycles. The van der Waals surface area contributed by atoms with Crippen molar-refractivity contribution in [2.45, 2.75) is 0 Å². The molecule has 0 radical (unpaired) electrons. The van der Waals surface area contributed by atoms with Crippen LogP contribution in [0, 0.1) is 24.7 Å². The first-order valence-corrected chi connectivity index (χ1v) is 5.63. The molecule has 2 N–H and O–H groups in total. The van der Waals surface area contributed by atoms with E-state index < -0.39 is 0 Å². The third-order valence-electron chi connectivity index (χ3n) is 2.44. The van der Waals surface area contributed by atoms with Crippen molar-refractivity contribution in [2.75, 3.05) is 11.0 Å². The standard InChI is InChI=1S/C16H12N2O/c1-3-13-5-9-15(10-6-13)17-19-18-16-11-7-14(4-2)8-12-16/h1-2,5-12,17-18H. The summed E-state index contributed by atoms with van der Waals surface area (Å²) in [6, 6.07) is 14.6. The Kier molecular flexibility index (Phi) is 4.08. The molecular weight excluding hydrogens is 236 g/mol. The number of rotatable bonds is 4. The molecule has 2 aromatic rings. The van der Waals surface area contributed by atoms with Crippen LogP contribution >= 0.6 is 0 Å². The van der Waals surface area contributed by atoms with Crippen LogP contribution in [0.4, 0.5) is 11.4 Å². The monoisotopic (exact) mass is 248 g/mol. The average molecular weight is 248 g/mol. The van der Waals surface area contributed by atoms with E-state index >= 15 is 0 Å². The van der Waals surface area contributed by atoms with Crippen molar-refractivity contribution in [3.63, 3.8) is 0 Å². The maximum absolute atomic E-state index is 5.27. The topological polar surface area (TPSA) is 33.3 Å². The zero-order chi connectivity index (χ0) is 13.5. The molecule has 0 fully saturated rings. The molecule has 3 nitrogen and oxygen atoms in total. The Morgan fingerprint density at radius 1 is 0.684 bits per heavy atom.